The van der Waals surface area contributed by atoms with Crippen LogP contribution in [-0.4, -0.2) is 38.4 Å². The van der Waals surface area contributed by atoms with Crippen LogP contribution in [0.2, 0.25) is 0 Å². The molecular weight excluding hydrogens is 526 g/mol. The number of halogens is 1. The maximum absolute atomic E-state index is 12.0. The van der Waals surface area contributed by atoms with Crippen LogP contribution in [0.25, 0.3) is 10.2 Å². The van der Waals surface area contributed by atoms with E-state index in [1.165, 1.54) is 27.6 Å². The second-order valence-corrected chi connectivity index (χ2v) is 11.4. The summed E-state index contributed by atoms with van der Waals surface area (Å²) in [4.78, 5) is 26.7. The van der Waals surface area contributed by atoms with Crippen molar-refractivity contribution in [3.63, 3.8) is 0 Å². The molecule has 0 spiro atoms. The molecule has 31 heavy (non-hydrogen) atoms. The molecule has 0 saturated heterocycles. The van der Waals surface area contributed by atoms with Gasteiger partial charge in [0, 0.05) is 4.88 Å². The third-order valence-corrected chi connectivity index (χ3v) is 8.31. The minimum absolute atomic E-state index is 0.217. The van der Waals surface area contributed by atoms with Crippen molar-refractivity contribution >= 4 is 77.5 Å². The van der Waals surface area contributed by atoms with Crippen molar-refractivity contribution in [2.24, 2.45) is 0 Å². The van der Waals surface area contributed by atoms with E-state index in [2.05, 4.69) is 25.6 Å². The van der Waals surface area contributed by atoms with E-state index in [4.69, 9.17) is 4.74 Å². The van der Waals surface area contributed by atoms with Gasteiger partial charge in [0.2, 0.25) is 0 Å². The normalized spacial score (nSPS) is 13.7. The standard InChI is InChI=1S/C19H22BrN3O5S3/c1-9(21-17(25)28-19(2,3)4)13(24)14-11(20)12-15(30-14)16(31-22-12)23(18(26)27)8-10-6-5-7-29-10/h5-7,9,13,24H,8H2,1-4H3,(H,21,25)(H,26,27). The summed E-state index contributed by atoms with van der Waals surface area (Å²) >= 11 is 7.31. The largest absolute Gasteiger partial charge is 0.465 e. The van der Waals surface area contributed by atoms with Gasteiger partial charge in [0.1, 0.15) is 22.2 Å². The molecule has 2 atom stereocenters. The van der Waals surface area contributed by atoms with Gasteiger partial charge in [-0.3, -0.25) is 4.90 Å². The molecule has 3 heterocycles. The average molecular weight is 549 g/mol. The number of carbonyl (C=O) groups is 2. The zero-order valence-corrected chi connectivity index (χ0v) is 21.2. The molecular formula is C19H22BrN3O5S3. The molecule has 2 unspecified atom stereocenters. The van der Waals surface area contributed by atoms with Gasteiger partial charge < -0.3 is 20.3 Å². The number of aliphatic hydroxyl groups excluding tert-OH is 1. The molecule has 12 heteroatoms. The lowest BCUT2D eigenvalue weighted by Crippen LogP contribution is -2.40. The lowest BCUT2D eigenvalue weighted by Gasteiger charge is -2.24. The van der Waals surface area contributed by atoms with Crippen molar-refractivity contribution in [3.8, 4) is 0 Å². The minimum Gasteiger partial charge on any atom is -0.465 e. The first-order valence-corrected chi connectivity index (χ1v) is 12.5. The number of nitrogens with zero attached hydrogens (tertiary/aromatic N) is 2. The quantitative estimate of drug-likeness (QED) is 0.358. The third-order valence-electron chi connectivity index (χ3n) is 4.13. The zero-order valence-electron chi connectivity index (χ0n) is 17.2. The smallest absolute Gasteiger partial charge is 0.412 e. The van der Waals surface area contributed by atoms with Crippen LogP contribution in [0.3, 0.4) is 0 Å². The number of thiophene rings is 2. The number of hydrogen-bond donors (Lipinski definition) is 3. The Labute approximate surface area is 199 Å². The summed E-state index contributed by atoms with van der Waals surface area (Å²) in [6.07, 6.45) is -2.74. The number of fused-ring (bicyclic) bond motifs is 1. The van der Waals surface area contributed by atoms with E-state index in [0.717, 1.165) is 16.4 Å². The van der Waals surface area contributed by atoms with Gasteiger partial charge >= 0.3 is 12.2 Å². The number of carbonyl (C=O) groups excluding carboxylic acids is 1. The summed E-state index contributed by atoms with van der Waals surface area (Å²) in [6.45, 7) is 7.16. The van der Waals surface area contributed by atoms with Gasteiger partial charge in [0.15, 0.2) is 0 Å². The molecule has 3 N–H and O–H groups in total. The molecule has 3 aromatic rings. The number of alkyl carbamates (subject to hydrolysis) is 1. The Kier molecular flexibility index (Phi) is 7.26. The molecule has 168 valence electrons. The van der Waals surface area contributed by atoms with Gasteiger partial charge in [0.05, 0.1) is 26.6 Å². The van der Waals surface area contributed by atoms with Crippen LogP contribution in [0.5, 0.6) is 0 Å². The van der Waals surface area contributed by atoms with Crippen LogP contribution in [0.4, 0.5) is 14.6 Å². The van der Waals surface area contributed by atoms with Crippen LogP contribution in [0, 0.1) is 0 Å². The van der Waals surface area contributed by atoms with E-state index in [0.29, 0.717) is 24.6 Å². The fraction of sp³-hybridized carbons (Fsp3) is 0.421. The van der Waals surface area contributed by atoms with Crippen molar-refractivity contribution in [1.29, 1.82) is 0 Å². The van der Waals surface area contributed by atoms with Gasteiger partial charge in [-0.1, -0.05) is 6.07 Å². The van der Waals surface area contributed by atoms with E-state index >= 15 is 0 Å². The number of anilines is 1. The molecule has 0 fully saturated rings. The number of nitrogens with one attached hydrogen (secondary N) is 1. The number of aromatic nitrogens is 1. The summed E-state index contributed by atoms with van der Waals surface area (Å²) < 4.78 is 10.9. The lowest BCUT2D eigenvalue weighted by atomic mass is 10.1. The number of amides is 2. The Morgan fingerprint density at radius 2 is 2.10 bits per heavy atom. The second kappa shape index (κ2) is 9.41. The molecule has 0 saturated carbocycles. The minimum atomic E-state index is -1.08. The van der Waals surface area contributed by atoms with Crippen molar-refractivity contribution in [1.82, 2.24) is 9.69 Å². The van der Waals surface area contributed by atoms with Gasteiger partial charge in [-0.15, -0.1) is 22.7 Å². The average Bonchev–Trinajstić information content (AvgIpc) is 3.36. The fourth-order valence-corrected chi connectivity index (χ4v) is 6.68. The number of hydrogen-bond acceptors (Lipinski definition) is 8. The Hall–Kier alpha value is -1.73. The zero-order chi connectivity index (χ0) is 22.9. The van der Waals surface area contributed by atoms with Crippen molar-refractivity contribution in [2.45, 2.75) is 52.0 Å². The Bertz CT molecular complexity index is 1070. The molecule has 8 nitrogen and oxygen atoms in total. The van der Waals surface area contributed by atoms with Crippen LogP contribution < -0.4 is 10.2 Å². The molecule has 0 aliphatic heterocycles. The maximum atomic E-state index is 12.0. The van der Waals surface area contributed by atoms with Crippen LogP contribution in [0.1, 0.15) is 43.6 Å². The molecule has 3 aromatic heterocycles. The highest BCUT2D eigenvalue weighted by molar-refractivity contribution is 9.10. The highest BCUT2D eigenvalue weighted by Crippen LogP contribution is 2.46. The van der Waals surface area contributed by atoms with Gasteiger partial charge in [0.25, 0.3) is 0 Å². The van der Waals surface area contributed by atoms with E-state index in [-0.39, 0.29) is 6.54 Å². The Morgan fingerprint density at radius 1 is 1.39 bits per heavy atom. The summed E-state index contributed by atoms with van der Waals surface area (Å²) in [7, 11) is 0. The molecule has 0 aliphatic carbocycles. The number of carboxylic acid groups (broad SMARTS) is 1. The molecule has 2 amide bonds. The SMILES string of the molecule is CC(NC(=O)OC(C)(C)C)C(O)c1sc2c(N(Cc3cccs3)C(=O)O)snc2c1Br. The summed E-state index contributed by atoms with van der Waals surface area (Å²) in [6, 6.07) is 3.11. The van der Waals surface area contributed by atoms with Crippen molar-refractivity contribution < 1.29 is 24.5 Å². The molecule has 0 aromatic carbocycles. The van der Waals surface area contributed by atoms with Crippen LogP contribution >= 0.6 is 50.1 Å². The maximum Gasteiger partial charge on any atom is 0.412 e. The second-order valence-electron chi connectivity index (χ2n) is 7.77. The predicted octanol–water partition coefficient (Wildman–Crippen LogP) is 5.81. The first-order chi connectivity index (χ1) is 14.5. The van der Waals surface area contributed by atoms with Gasteiger partial charge in [-0.2, -0.15) is 4.37 Å². The molecule has 0 aliphatic rings. The van der Waals surface area contributed by atoms with Crippen LogP contribution in [-0.2, 0) is 11.3 Å². The first-order valence-electron chi connectivity index (χ1n) is 9.26. The van der Waals surface area contributed by atoms with Crippen LogP contribution in [0.15, 0.2) is 22.0 Å². The highest BCUT2D eigenvalue weighted by Gasteiger charge is 2.30. The summed E-state index contributed by atoms with van der Waals surface area (Å²) in [5, 5.41) is 25.6. The fourth-order valence-electron chi connectivity index (χ4n) is 2.72. The Balaban J connectivity index is 1.86. The van der Waals surface area contributed by atoms with E-state index < -0.39 is 29.9 Å². The summed E-state index contributed by atoms with van der Waals surface area (Å²) in [5.41, 5.74) is -0.0663. The molecule has 0 bridgehead atoms. The predicted molar refractivity (Wildman–Crippen MR) is 128 cm³/mol. The lowest BCUT2D eigenvalue weighted by molar-refractivity contribution is 0.0438. The van der Waals surface area contributed by atoms with E-state index in [1.54, 1.807) is 27.7 Å². The Morgan fingerprint density at radius 3 is 2.68 bits per heavy atom. The monoisotopic (exact) mass is 547 g/mol. The molecule has 3 rings (SSSR count). The number of aliphatic hydroxyl groups is 1. The third kappa shape index (κ3) is 5.55. The van der Waals surface area contributed by atoms with Gasteiger partial charge in [-0.25, -0.2) is 9.59 Å². The summed E-state index contributed by atoms with van der Waals surface area (Å²) in [5.74, 6) is 0. The van der Waals surface area contributed by atoms with Gasteiger partial charge in [-0.05, 0) is 66.6 Å². The van der Waals surface area contributed by atoms with Crippen molar-refractivity contribution in [3.05, 3.63) is 31.7 Å². The topological polar surface area (TPSA) is 112 Å². The first kappa shape index (κ1) is 23.9. The molecule has 0 radical (unpaired) electrons. The number of rotatable bonds is 6. The van der Waals surface area contributed by atoms with E-state index in [1.807, 2.05) is 17.5 Å². The van der Waals surface area contributed by atoms with Crippen molar-refractivity contribution in [2.75, 3.05) is 4.90 Å². The van der Waals surface area contributed by atoms with E-state index in [9.17, 15) is 19.8 Å². The highest BCUT2D eigenvalue weighted by atomic mass is 79.9. The number of ether oxygens (including phenoxy) is 1.